The van der Waals surface area contributed by atoms with Crippen molar-refractivity contribution >= 4 is 21.7 Å². The molecule has 1 aliphatic heterocycles. The summed E-state index contributed by atoms with van der Waals surface area (Å²) in [6.45, 7) is 15.9. The molecule has 1 aliphatic carbocycles. The minimum Gasteiger partial charge on any atom is -0.508 e. The third kappa shape index (κ3) is 6.96. The summed E-state index contributed by atoms with van der Waals surface area (Å²) in [6.07, 6.45) is 2.85. The number of phenols is 1. The second-order valence-corrected chi connectivity index (χ2v) is 16.6. The quantitative estimate of drug-likeness (QED) is 0.517. The summed E-state index contributed by atoms with van der Waals surface area (Å²) >= 11 is 0. The van der Waals surface area contributed by atoms with E-state index in [0.717, 1.165) is 19.3 Å². The molecule has 0 bridgehead atoms. The van der Waals surface area contributed by atoms with Gasteiger partial charge in [-0.3, -0.25) is 9.59 Å². The van der Waals surface area contributed by atoms with Crippen molar-refractivity contribution in [2.24, 2.45) is 5.92 Å². The maximum atomic E-state index is 13.6. The molecule has 4 atom stereocenters. The van der Waals surface area contributed by atoms with Crippen LogP contribution in [0.1, 0.15) is 97.0 Å². The van der Waals surface area contributed by atoms with E-state index in [1.54, 1.807) is 32.9 Å². The third-order valence-electron chi connectivity index (χ3n) is 8.68. The number of rotatable bonds is 7. The predicted molar refractivity (Wildman–Crippen MR) is 156 cm³/mol. The minimum atomic E-state index is -3.38. The van der Waals surface area contributed by atoms with Gasteiger partial charge in [0.05, 0.1) is 10.5 Å². The first-order valence-electron chi connectivity index (χ1n) is 14.2. The Bertz CT molecular complexity index is 1170. The molecule has 2 aliphatic rings. The van der Waals surface area contributed by atoms with E-state index in [-0.39, 0.29) is 46.7 Å². The van der Waals surface area contributed by atoms with Crippen molar-refractivity contribution in [1.82, 2.24) is 15.1 Å². The lowest BCUT2D eigenvalue weighted by Gasteiger charge is -2.45. The predicted octanol–water partition coefficient (Wildman–Crippen LogP) is 4.11. The lowest BCUT2D eigenvalue weighted by molar-refractivity contribution is -0.133. The number of benzene rings is 1. The van der Waals surface area contributed by atoms with Crippen molar-refractivity contribution in [1.29, 1.82) is 0 Å². The summed E-state index contributed by atoms with van der Waals surface area (Å²) in [5.74, 6) is -0.476. The molecule has 2 amide bonds. The van der Waals surface area contributed by atoms with E-state index in [4.69, 9.17) is 0 Å². The van der Waals surface area contributed by atoms with E-state index in [2.05, 4.69) is 31.1 Å². The van der Waals surface area contributed by atoms with Gasteiger partial charge >= 0.3 is 0 Å². The molecule has 1 aromatic carbocycles. The number of nitrogens with zero attached hydrogens (tertiary/aromatic N) is 2. The molecule has 2 fully saturated rings. The number of sulfone groups is 1. The Morgan fingerprint density at radius 1 is 1.13 bits per heavy atom. The van der Waals surface area contributed by atoms with Gasteiger partial charge in [-0.15, -0.1) is 0 Å². The van der Waals surface area contributed by atoms with Crippen LogP contribution in [0.25, 0.3) is 0 Å². The van der Waals surface area contributed by atoms with Crippen LogP contribution in [-0.4, -0.2) is 83.4 Å². The number of carbonyl (C=O) groups excluding carboxylic acids is 2. The highest BCUT2D eigenvalue weighted by Gasteiger charge is 2.45. The SMILES string of the molecule is CC(C)N(C)[C@@H]1CC[C@H](N2CCC(NC(=O)c3ccc(O)c(C(C)(C)C)c3)C2=O)[C@H](CS(=O)(=O)C(C)(C)C)C1. The molecule has 1 saturated heterocycles. The number of hydrogen-bond donors (Lipinski definition) is 2. The molecule has 9 heteroatoms. The fourth-order valence-corrected chi connectivity index (χ4v) is 7.24. The van der Waals surface area contributed by atoms with Gasteiger partial charge in [-0.1, -0.05) is 20.8 Å². The Kier molecular flexibility index (Phi) is 9.17. The second kappa shape index (κ2) is 11.4. The Morgan fingerprint density at radius 3 is 2.33 bits per heavy atom. The van der Waals surface area contributed by atoms with Crippen LogP contribution in [0.15, 0.2) is 18.2 Å². The first-order valence-corrected chi connectivity index (χ1v) is 15.9. The van der Waals surface area contributed by atoms with Crippen LogP contribution in [0.4, 0.5) is 0 Å². The largest absolute Gasteiger partial charge is 0.508 e. The summed E-state index contributed by atoms with van der Waals surface area (Å²) in [6, 6.07) is 4.55. The number of likely N-dealkylation sites (tertiary alicyclic amines) is 1. The summed E-state index contributed by atoms with van der Waals surface area (Å²) in [5.41, 5.74) is 0.724. The maximum absolute atomic E-state index is 13.6. The van der Waals surface area contributed by atoms with Crippen LogP contribution >= 0.6 is 0 Å². The summed E-state index contributed by atoms with van der Waals surface area (Å²) < 4.78 is 25.7. The lowest BCUT2D eigenvalue weighted by atomic mass is 9.81. The van der Waals surface area contributed by atoms with E-state index in [0.29, 0.717) is 30.1 Å². The Balaban J connectivity index is 1.79. The van der Waals surface area contributed by atoms with Crippen molar-refractivity contribution in [3.63, 3.8) is 0 Å². The van der Waals surface area contributed by atoms with Crippen LogP contribution in [0.3, 0.4) is 0 Å². The van der Waals surface area contributed by atoms with Crippen molar-refractivity contribution in [3.8, 4) is 5.75 Å². The van der Waals surface area contributed by atoms with Gasteiger partial charge < -0.3 is 20.2 Å². The van der Waals surface area contributed by atoms with Gasteiger partial charge in [-0.2, -0.15) is 0 Å². The normalized spacial score (nSPS) is 25.0. The van der Waals surface area contributed by atoms with Crippen LogP contribution in [0, 0.1) is 5.92 Å². The number of nitrogens with one attached hydrogen (secondary N) is 1. The van der Waals surface area contributed by atoms with Gasteiger partial charge in [0.25, 0.3) is 5.91 Å². The molecule has 1 heterocycles. The molecular formula is C30H49N3O5S. The van der Waals surface area contributed by atoms with Gasteiger partial charge in [0.2, 0.25) is 5.91 Å². The van der Waals surface area contributed by atoms with Crippen LogP contribution in [-0.2, 0) is 20.0 Å². The standard InChI is InChI=1S/C30H49N3O5S/c1-19(2)32(9)22-11-12-25(21(16-22)18-39(37,38)30(6,7)8)33-15-14-24(28(33)36)31-27(35)20-10-13-26(34)23(17-20)29(3,4)5/h10,13,17,19,21-22,24-25,34H,11-12,14-16,18H2,1-9H3,(H,31,35)/t21-,22+,24?,25-/m0/s1. The van der Waals surface area contributed by atoms with Crippen LogP contribution in [0.5, 0.6) is 5.75 Å². The Morgan fingerprint density at radius 2 is 1.77 bits per heavy atom. The maximum Gasteiger partial charge on any atom is 0.251 e. The highest BCUT2D eigenvalue weighted by molar-refractivity contribution is 7.92. The summed E-state index contributed by atoms with van der Waals surface area (Å²) in [5, 5.41) is 13.2. The van der Waals surface area contributed by atoms with Gasteiger partial charge in [0.15, 0.2) is 9.84 Å². The van der Waals surface area contributed by atoms with E-state index < -0.39 is 20.6 Å². The minimum absolute atomic E-state index is 0.0491. The number of amides is 2. The van der Waals surface area contributed by atoms with Gasteiger partial charge in [-0.05, 0) is 96.9 Å². The monoisotopic (exact) mass is 563 g/mol. The van der Waals surface area contributed by atoms with Gasteiger partial charge in [0, 0.05) is 35.8 Å². The molecular weight excluding hydrogens is 514 g/mol. The van der Waals surface area contributed by atoms with E-state index >= 15 is 0 Å². The molecule has 39 heavy (non-hydrogen) atoms. The molecule has 1 aromatic rings. The zero-order valence-corrected chi connectivity index (χ0v) is 26.1. The molecule has 3 rings (SSSR count). The molecule has 1 saturated carbocycles. The average Bonchev–Trinajstić information content (AvgIpc) is 3.16. The molecule has 2 N–H and O–H groups in total. The van der Waals surface area contributed by atoms with Crippen molar-refractivity contribution in [2.45, 2.75) is 115 Å². The molecule has 220 valence electrons. The van der Waals surface area contributed by atoms with E-state index in [1.807, 2.05) is 25.7 Å². The van der Waals surface area contributed by atoms with E-state index in [9.17, 15) is 23.1 Å². The zero-order valence-electron chi connectivity index (χ0n) is 25.2. The highest BCUT2D eigenvalue weighted by Crippen LogP contribution is 2.36. The van der Waals surface area contributed by atoms with Crippen LogP contribution in [0.2, 0.25) is 0 Å². The highest BCUT2D eigenvalue weighted by atomic mass is 32.2. The first-order chi connectivity index (χ1) is 17.8. The van der Waals surface area contributed by atoms with E-state index in [1.165, 1.54) is 6.07 Å². The molecule has 0 radical (unpaired) electrons. The van der Waals surface area contributed by atoms with Gasteiger partial charge in [0.1, 0.15) is 11.8 Å². The molecule has 0 spiro atoms. The molecule has 0 aromatic heterocycles. The summed E-state index contributed by atoms with van der Waals surface area (Å²) in [7, 11) is -1.29. The van der Waals surface area contributed by atoms with Crippen molar-refractivity contribution in [2.75, 3.05) is 19.3 Å². The number of carbonyl (C=O) groups is 2. The lowest BCUT2D eigenvalue weighted by Crippen LogP contribution is -2.53. The first kappa shape index (κ1) is 31.4. The van der Waals surface area contributed by atoms with Crippen molar-refractivity contribution in [3.05, 3.63) is 29.3 Å². The fraction of sp³-hybridized carbons (Fsp3) is 0.733. The fourth-order valence-electron chi connectivity index (χ4n) is 5.82. The number of phenolic OH excluding ortho intramolecular Hbond substituents is 1. The smallest absolute Gasteiger partial charge is 0.251 e. The zero-order chi connectivity index (χ0) is 29.5. The van der Waals surface area contributed by atoms with Gasteiger partial charge in [-0.25, -0.2) is 8.42 Å². The molecule has 8 nitrogen and oxygen atoms in total. The number of hydrogen-bond acceptors (Lipinski definition) is 6. The second-order valence-electron chi connectivity index (χ2n) is 13.8. The third-order valence-corrected chi connectivity index (χ3v) is 11.4. The number of aromatic hydroxyl groups is 1. The Labute approximate surface area is 235 Å². The topological polar surface area (TPSA) is 107 Å². The van der Waals surface area contributed by atoms with Crippen molar-refractivity contribution < 1.29 is 23.1 Å². The molecule has 1 unspecified atom stereocenters. The Hall–Kier alpha value is -2.13. The average molecular weight is 564 g/mol. The van der Waals surface area contributed by atoms with Crippen LogP contribution < -0.4 is 5.32 Å². The summed E-state index contributed by atoms with van der Waals surface area (Å²) in [4.78, 5) is 30.9.